The van der Waals surface area contributed by atoms with Crippen LogP contribution in [-0.2, 0) is 19.6 Å². The lowest BCUT2D eigenvalue weighted by Crippen LogP contribution is -2.40. The maximum atomic E-state index is 13.3. The number of halogens is 1. The van der Waals surface area contributed by atoms with E-state index in [1.807, 2.05) is 0 Å². The molecule has 0 aliphatic carbocycles. The van der Waals surface area contributed by atoms with Crippen molar-refractivity contribution in [3.05, 3.63) is 77.3 Å². The fourth-order valence-electron chi connectivity index (χ4n) is 3.51. The maximum Gasteiger partial charge on any atom is 0.338 e. The van der Waals surface area contributed by atoms with E-state index in [1.165, 1.54) is 18.2 Å². The van der Waals surface area contributed by atoms with Crippen molar-refractivity contribution in [1.82, 2.24) is 0 Å². The largest absolute Gasteiger partial charge is 0.462 e. The van der Waals surface area contributed by atoms with E-state index in [9.17, 15) is 18.0 Å². The molecule has 0 saturated heterocycles. The molecule has 1 heterocycles. The Kier molecular flexibility index (Phi) is 5.90. The van der Waals surface area contributed by atoms with Gasteiger partial charge in [-0.05, 0) is 55.5 Å². The molecule has 0 fully saturated rings. The van der Waals surface area contributed by atoms with Crippen LogP contribution < -0.4 is 9.62 Å². The van der Waals surface area contributed by atoms with E-state index in [1.54, 1.807) is 55.5 Å². The molecule has 0 atom stereocenters. The van der Waals surface area contributed by atoms with Crippen molar-refractivity contribution >= 4 is 44.9 Å². The number of fused-ring (bicyclic) bond motifs is 3. The number of carbonyl (C=O) groups is 2. The number of amides is 1. The Morgan fingerprint density at radius 3 is 2.44 bits per heavy atom. The lowest BCUT2D eigenvalue weighted by molar-refractivity contribution is -0.114. The van der Waals surface area contributed by atoms with Gasteiger partial charge in [0.15, 0.2) is 0 Å². The molecule has 0 unspecified atom stereocenters. The topological polar surface area (TPSA) is 92.8 Å². The van der Waals surface area contributed by atoms with Crippen LogP contribution in [0.3, 0.4) is 0 Å². The Morgan fingerprint density at radius 1 is 1.00 bits per heavy atom. The van der Waals surface area contributed by atoms with Crippen LogP contribution in [0.15, 0.2) is 71.6 Å². The average Bonchev–Trinajstić information content (AvgIpc) is 2.77. The summed E-state index contributed by atoms with van der Waals surface area (Å²) < 4.78 is 32.6. The summed E-state index contributed by atoms with van der Waals surface area (Å²) in [4.78, 5) is 24.6. The van der Waals surface area contributed by atoms with Crippen LogP contribution in [0.5, 0.6) is 0 Å². The van der Waals surface area contributed by atoms with Crippen molar-refractivity contribution in [2.45, 2.75) is 11.8 Å². The number of benzene rings is 3. The van der Waals surface area contributed by atoms with E-state index in [4.69, 9.17) is 16.3 Å². The molecule has 1 aliphatic heterocycles. The normalized spacial score (nSPS) is 13.6. The second kappa shape index (κ2) is 8.64. The number of carbonyl (C=O) groups excluding carboxylic acids is 2. The summed E-state index contributed by atoms with van der Waals surface area (Å²) in [7, 11) is -3.95. The number of hydrogen-bond donors (Lipinski definition) is 1. The van der Waals surface area contributed by atoms with Gasteiger partial charge in [-0.3, -0.25) is 9.10 Å². The predicted octanol–water partition coefficient (Wildman–Crippen LogP) is 4.33. The Balaban J connectivity index is 1.60. The van der Waals surface area contributed by atoms with Crippen LogP contribution in [-0.4, -0.2) is 33.4 Å². The highest BCUT2D eigenvalue weighted by molar-refractivity contribution is 7.93. The maximum absolute atomic E-state index is 13.3. The first-order chi connectivity index (χ1) is 15.3. The summed E-state index contributed by atoms with van der Waals surface area (Å²) in [6.07, 6.45) is 0. The van der Waals surface area contributed by atoms with Crippen LogP contribution >= 0.6 is 11.6 Å². The highest BCUT2D eigenvalue weighted by Gasteiger charge is 2.35. The van der Waals surface area contributed by atoms with Crippen molar-refractivity contribution in [3.8, 4) is 11.1 Å². The molecule has 4 rings (SSSR count). The van der Waals surface area contributed by atoms with Crippen LogP contribution in [0.4, 0.5) is 11.4 Å². The molecule has 3 aromatic rings. The number of ether oxygens (including phenoxy) is 1. The van der Waals surface area contributed by atoms with Crippen molar-refractivity contribution in [1.29, 1.82) is 0 Å². The molecule has 1 N–H and O–H groups in total. The van der Waals surface area contributed by atoms with E-state index in [0.29, 0.717) is 33.1 Å². The Morgan fingerprint density at radius 2 is 1.72 bits per heavy atom. The van der Waals surface area contributed by atoms with Gasteiger partial charge >= 0.3 is 5.97 Å². The Bertz CT molecular complexity index is 1310. The molecule has 0 radical (unpaired) electrons. The van der Waals surface area contributed by atoms with Gasteiger partial charge in [-0.25, -0.2) is 13.2 Å². The fraction of sp³-hybridized carbons (Fsp3) is 0.130. The molecular formula is C23H19ClN2O5S. The van der Waals surface area contributed by atoms with Crippen molar-refractivity contribution in [3.63, 3.8) is 0 Å². The molecule has 164 valence electrons. The van der Waals surface area contributed by atoms with Gasteiger partial charge in [0.05, 0.1) is 22.8 Å². The average molecular weight is 471 g/mol. The lowest BCUT2D eigenvalue weighted by Gasteiger charge is -2.31. The van der Waals surface area contributed by atoms with Crippen molar-refractivity contribution in [2.24, 2.45) is 0 Å². The molecule has 0 aromatic heterocycles. The summed E-state index contributed by atoms with van der Waals surface area (Å²) in [5.74, 6) is -0.989. The van der Waals surface area contributed by atoms with Gasteiger partial charge < -0.3 is 10.1 Å². The molecule has 3 aromatic carbocycles. The van der Waals surface area contributed by atoms with E-state index >= 15 is 0 Å². The number of rotatable bonds is 5. The summed E-state index contributed by atoms with van der Waals surface area (Å²) >= 11 is 6.15. The smallest absolute Gasteiger partial charge is 0.338 e. The zero-order valence-electron chi connectivity index (χ0n) is 17.0. The minimum Gasteiger partial charge on any atom is -0.462 e. The summed E-state index contributed by atoms with van der Waals surface area (Å²) in [5, 5.41) is 3.13. The molecular weight excluding hydrogens is 452 g/mol. The van der Waals surface area contributed by atoms with Gasteiger partial charge in [0.2, 0.25) is 5.91 Å². The van der Waals surface area contributed by atoms with E-state index in [0.717, 1.165) is 4.31 Å². The zero-order chi connectivity index (χ0) is 22.9. The SMILES string of the molecule is CCOC(=O)c1ccc(NC(=O)CN2c3ccc(Cl)cc3-c3ccccc3S2(=O)=O)cc1. The second-order valence-corrected chi connectivity index (χ2v) is 9.28. The second-order valence-electron chi connectivity index (χ2n) is 7.02. The van der Waals surface area contributed by atoms with Crippen molar-refractivity contribution in [2.75, 3.05) is 22.8 Å². The number of anilines is 2. The monoisotopic (exact) mass is 470 g/mol. The van der Waals surface area contributed by atoms with Crippen LogP contribution in [0.1, 0.15) is 17.3 Å². The van der Waals surface area contributed by atoms with Crippen LogP contribution in [0.25, 0.3) is 11.1 Å². The minimum atomic E-state index is -3.95. The quantitative estimate of drug-likeness (QED) is 0.560. The lowest BCUT2D eigenvalue weighted by atomic mass is 10.0. The summed E-state index contributed by atoms with van der Waals surface area (Å²) in [6.45, 7) is 1.55. The predicted molar refractivity (Wildman–Crippen MR) is 122 cm³/mol. The first-order valence-corrected chi connectivity index (χ1v) is 11.6. The van der Waals surface area contributed by atoms with E-state index < -0.39 is 28.4 Å². The third-order valence-corrected chi connectivity index (χ3v) is 6.99. The molecule has 9 heteroatoms. The number of sulfonamides is 1. The van der Waals surface area contributed by atoms with Gasteiger partial charge in [-0.15, -0.1) is 0 Å². The van der Waals surface area contributed by atoms with Gasteiger partial charge in [-0.2, -0.15) is 0 Å². The molecule has 1 amide bonds. The molecule has 32 heavy (non-hydrogen) atoms. The third kappa shape index (κ3) is 4.06. The number of hydrogen-bond acceptors (Lipinski definition) is 5. The minimum absolute atomic E-state index is 0.112. The van der Waals surface area contributed by atoms with Gasteiger partial charge in [0.1, 0.15) is 6.54 Å². The molecule has 7 nitrogen and oxygen atoms in total. The molecule has 0 bridgehead atoms. The van der Waals surface area contributed by atoms with Crippen molar-refractivity contribution < 1.29 is 22.7 Å². The number of nitrogens with one attached hydrogen (secondary N) is 1. The van der Waals surface area contributed by atoms with Crippen LogP contribution in [0, 0.1) is 0 Å². The Labute approximate surface area is 190 Å². The first-order valence-electron chi connectivity index (χ1n) is 9.80. The third-order valence-electron chi connectivity index (χ3n) is 4.94. The summed E-state index contributed by atoms with van der Waals surface area (Å²) in [5.41, 5.74) is 2.33. The number of esters is 1. The molecule has 0 spiro atoms. The van der Waals surface area contributed by atoms with Gasteiger partial charge in [0.25, 0.3) is 10.0 Å². The van der Waals surface area contributed by atoms with Gasteiger partial charge in [-0.1, -0.05) is 29.8 Å². The first kappa shape index (κ1) is 21.9. The zero-order valence-corrected chi connectivity index (χ0v) is 18.6. The number of nitrogens with zero attached hydrogens (tertiary/aromatic N) is 1. The highest BCUT2D eigenvalue weighted by Crippen LogP contribution is 2.43. The fourth-order valence-corrected chi connectivity index (χ4v) is 5.33. The molecule has 0 saturated carbocycles. The summed E-state index contributed by atoms with van der Waals surface area (Å²) in [6, 6.07) is 17.6. The van der Waals surface area contributed by atoms with E-state index in [-0.39, 0.29) is 11.5 Å². The van der Waals surface area contributed by atoms with Crippen LogP contribution in [0.2, 0.25) is 5.02 Å². The standard InChI is InChI=1S/C23H19ClN2O5S/c1-2-31-23(28)15-7-10-17(11-8-15)25-22(27)14-26-20-12-9-16(24)13-19(20)18-5-3-4-6-21(18)32(26,29)30/h3-13H,2,14H2,1H3,(H,25,27). The molecule has 1 aliphatic rings. The Hall–Kier alpha value is -3.36. The van der Waals surface area contributed by atoms with E-state index in [2.05, 4.69) is 5.32 Å². The van der Waals surface area contributed by atoms with Gasteiger partial charge in [0, 0.05) is 21.8 Å². The highest BCUT2D eigenvalue weighted by atomic mass is 35.5.